The summed E-state index contributed by atoms with van der Waals surface area (Å²) in [4.78, 5) is 15.0. The van der Waals surface area contributed by atoms with E-state index in [-0.39, 0.29) is 0 Å². The summed E-state index contributed by atoms with van der Waals surface area (Å²) in [6.07, 6.45) is 3.28. The topological polar surface area (TPSA) is 62.2 Å². The molecule has 0 aliphatic heterocycles. The second-order valence-electron chi connectivity index (χ2n) is 3.87. The summed E-state index contributed by atoms with van der Waals surface area (Å²) in [5, 5.41) is 12.0. The van der Waals surface area contributed by atoms with Crippen molar-refractivity contribution in [3.05, 3.63) is 29.6 Å². The van der Waals surface area contributed by atoms with Crippen molar-refractivity contribution in [2.45, 2.75) is 39.3 Å². The van der Waals surface area contributed by atoms with Gasteiger partial charge in [-0.3, -0.25) is 9.78 Å². The standard InChI is InChI=1S/C12H18N2O2/c1-3-4-11(12(15)16)14-8-10-6-5-9(2)13-7-10/h5-7,11,14H,3-4,8H2,1-2H3,(H,15,16). The van der Waals surface area contributed by atoms with Crippen molar-refractivity contribution >= 4 is 5.97 Å². The van der Waals surface area contributed by atoms with Gasteiger partial charge in [-0.25, -0.2) is 0 Å². The highest BCUT2D eigenvalue weighted by atomic mass is 16.4. The van der Waals surface area contributed by atoms with Gasteiger partial charge in [0.05, 0.1) is 0 Å². The first kappa shape index (κ1) is 12.6. The predicted molar refractivity (Wildman–Crippen MR) is 62.1 cm³/mol. The molecule has 2 N–H and O–H groups in total. The average molecular weight is 222 g/mol. The number of aromatic nitrogens is 1. The van der Waals surface area contributed by atoms with Crippen LogP contribution in [0.4, 0.5) is 0 Å². The molecule has 88 valence electrons. The molecule has 0 aliphatic rings. The van der Waals surface area contributed by atoms with Crippen LogP contribution in [0.25, 0.3) is 0 Å². The second kappa shape index (κ2) is 6.23. The molecule has 4 nitrogen and oxygen atoms in total. The molecule has 1 rings (SSSR count). The first-order chi connectivity index (χ1) is 7.63. The van der Waals surface area contributed by atoms with E-state index >= 15 is 0 Å². The number of carboxylic acid groups (broad SMARTS) is 1. The Morgan fingerprint density at radius 3 is 2.81 bits per heavy atom. The Kier molecular flexibility index (Phi) is 4.92. The van der Waals surface area contributed by atoms with E-state index in [9.17, 15) is 4.79 Å². The number of nitrogens with one attached hydrogen (secondary N) is 1. The van der Waals surface area contributed by atoms with Gasteiger partial charge in [-0.1, -0.05) is 19.4 Å². The van der Waals surface area contributed by atoms with E-state index in [0.29, 0.717) is 13.0 Å². The maximum absolute atomic E-state index is 10.9. The normalized spacial score (nSPS) is 12.4. The number of carboxylic acids is 1. The first-order valence-corrected chi connectivity index (χ1v) is 5.51. The number of aryl methyl sites for hydroxylation is 1. The molecule has 0 saturated carbocycles. The molecule has 1 atom stereocenters. The molecule has 4 heteroatoms. The summed E-state index contributed by atoms with van der Waals surface area (Å²) in [5.41, 5.74) is 1.97. The summed E-state index contributed by atoms with van der Waals surface area (Å²) in [7, 11) is 0. The number of nitrogens with zero attached hydrogens (tertiary/aromatic N) is 1. The Morgan fingerprint density at radius 1 is 1.56 bits per heavy atom. The van der Waals surface area contributed by atoms with Gasteiger partial charge in [0, 0.05) is 18.4 Å². The highest BCUT2D eigenvalue weighted by Crippen LogP contribution is 2.02. The largest absolute Gasteiger partial charge is 0.480 e. The molecule has 1 aromatic heterocycles. The van der Waals surface area contributed by atoms with Gasteiger partial charge in [0.25, 0.3) is 0 Å². The number of carbonyl (C=O) groups is 1. The summed E-state index contributed by atoms with van der Waals surface area (Å²) in [6.45, 7) is 4.45. The minimum atomic E-state index is -0.790. The van der Waals surface area contributed by atoms with Crippen LogP contribution >= 0.6 is 0 Å². The maximum Gasteiger partial charge on any atom is 0.320 e. The van der Waals surface area contributed by atoms with E-state index in [2.05, 4.69) is 10.3 Å². The quantitative estimate of drug-likeness (QED) is 0.769. The first-order valence-electron chi connectivity index (χ1n) is 5.51. The van der Waals surface area contributed by atoms with Gasteiger partial charge in [0.2, 0.25) is 0 Å². The van der Waals surface area contributed by atoms with Crippen LogP contribution in [0, 0.1) is 6.92 Å². The third kappa shape index (κ3) is 3.98. The van der Waals surface area contributed by atoms with Gasteiger partial charge in [0.15, 0.2) is 0 Å². The fourth-order valence-corrected chi connectivity index (χ4v) is 1.45. The Balaban J connectivity index is 2.48. The smallest absolute Gasteiger partial charge is 0.320 e. The molecule has 0 aliphatic carbocycles. The second-order valence-corrected chi connectivity index (χ2v) is 3.87. The predicted octanol–water partition coefficient (Wildman–Crippen LogP) is 1.73. The zero-order valence-electron chi connectivity index (χ0n) is 9.73. The van der Waals surface area contributed by atoms with E-state index in [4.69, 9.17) is 5.11 Å². The summed E-state index contributed by atoms with van der Waals surface area (Å²) >= 11 is 0. The lowest BCUT2D eigenvalue weighted by atomic mass is 10.1. The van der Waals surface area contributed by atoms with Crippen LogP contribution in [-0.4, -0.2) is 22.1 Å². The molecule has 0 bridgehead atoms. The van der Waals surface area contributed by atoms with E-state index in [0.717, 1.165) is 17.7 Å². The van der Waals surface area contributed by atoms with Crippen molar-refractivity contribution < 1.29 is 9.90 Å². The number of hydrogen-bond donors (Lipinski definition) is 2. The van der Waals surface area contributed by atoms with Crippen molar-refractivity contribution in [1.29, 1.82) is 0 Å². The molecule has 1 unspecified atom stereocenters. The van der Waals surface area contributed by atoms with E-state index < -0.39 is 12.0 Å². The van der Waals surface area contributed by atoms with Crippen LogP contribution in [0.1, 0.15) is 31.0 Å². The minimum absolute atomic E-state index is 0.466. The minimum Gasteiger partial charge on any atom is -0.480 e. The number of rotatable bonds is 6. The van der Waals surface area contributed by atoms with Crippen molar-refractivity contribution in [3.8, 4) is 0 Å². The van der Waals surface area contributed by atoms with Gasteiger partial charge in [-0.2, -0.15) is 0 Å². The summed E-state index contributed by atoms with van der Waals surface area (Å²) < 4.78 is 0. The molecular weight excluding hydrogens is 204 g/mol. The number of aliphatic carboxylic acids is 1. The fourth-order valence-electron chi connectivity index (χ4n) is 1.45. The number of pyridine rings is 1. The lowest BCUT2D eigenvalue weighted by Crippen LogP contribution is -2.36. The van der Waals surface area contributed by atoms with Crippen LogP contribution < -0.4 is 5.32 Å². The monoisotopic (exact) mass is 222 g/mol. The van der Waals surface area contributed by atoms with Gasteiger partial charge < -0.3 is 10.4 Å². The van der Waals surface area contributed by atoms with Gasteiger partial charge in [0.1, 0.15) is 6.04 Å². The third-order valence-electron chi connectivity index (χ3n) is 2.40. The Morgan fingerprint density at radius 2 is 2.31 bits per heavy atom. The lowest BCUT2D eigenvalue weighted by Gasteiger charge is -2.13. The number of hydrogen-bond acceptors (Lipinski definition) is 3. The molecule has 1 aromatic rings. The average Bonchev–Trinajstić information content (AvgIpc) is 2.26. The summed E-state index contributed by atoms with van der Waals surface area (Å²) in [5.74, 6) is -0.790. The van der Waals surface area contributed by atoms with Gasteiger partial charge in [-0.05, 0) is 25.0 Å². The van der Waals surface area contributed by atoms with Gasteiger partial charge >= 0.3 is 5.97 Å². The van der Waals surface area contributed by atoms with Crippen molar-refractivity contribution in [2.75, 3.05) is 0 Å². The molecule has 16 heavy (non-hydrogen) atoms. The highest BCUT2D eigenvalue weighted by molar-refractivity contribution is 5.73. The van der Waals surface area contributed by atoms with Crippen molar-refractivity contribution in [3.63, 3.8) is 0 Å². The molecule has 0 aromatic carbocycles. The zero-order valence-corrected chi connectivity index (χ0v) is 9.73. The molecule has 0 saturated heterocycles. The third-order valence-corrected chi connectivity index (χ3v) is 2.40. The Hall–Kier alpha value is -1.42. The molecule has 0 fully saturated rings. The Labute approximate surface area is 95.7 Å². The van der Waals surface area contributed by atoms with Crippen molar-refractivity contribution in [2.24, 2.45) is 0 Å². The molecule has 0 radical (unpaired) electrons. The zero-order chi connectivity index (χ0) is 12.0. The Bertz CT molecular complexity index is 335. The van der Waals surface area contributed by atoms with Crippen LogP contribution in [0.15, 0.2) is 18.3 Å². The van der Waals surface area contributed by atoms with Crippen LogP contribution in [-0.2, 0) is 11.3 Å². The molecule has 1 heterocycles. The van der Waals surface area contributed by atoms with E-state index in [1.165, 1.54) is 0 Å². The SMILES string of the molecule is CCCC(NCc1ccc(C)nc1)C(=O)O. The van der Waals surface area contributed by atoms with Crippen LogP contribution in [0.3, 0.4) is 0 Å². The molecule has 0 spiro atoms. The summed E-state index contributed by atoms with van der Waals surface area (Å²) in [6, 6.07) is 3.42. The molecular formula is C12H18N2O2. The molecule has 0 amide bonds. The maximum atomic E-state index is 10.9. The van der Waals surface area contributed by atoms with E-state index in [1.807, 2.05) is 26.0 Å². The highest BCUT2D eigenvalue weighted by Gasteiger charge is 2.14. The van der Waals surface area contributed by atoms with Crippen molar-refractivity contribution in [1.82, 2.24) is 10.3 Å². The van der Waals surface area contributed by atoms with Gasteiger partial charge in [-0.15, -0.1) is 0 Å². The van der Waals surface area contributed by atoms with Crippen LogP contribution in [0.2, 0.25) is 0 Å². The lowest BCUT2D eigenvalue weighted by molar-refractivity contribution is -0.139. The fraction of sp³-hybridized carbons (Fsp3) is 0.500. The van der Waals surface area contributed by atoms with E-state index in [1.54, 1.807) is 6.20 Å². The van der Waals surface area contributed by atoms with Crippen LogP contribution in [0.5, 0.6) is 0 Å².